The highest BCUT2D eigenvalue weighted by Gasteiger charge is 2.15. The fourth-order valence-electron chi connectivity index (χ4n) is 1.78. The van der Waals surface area contributed by atoms with E-state index in [4.69, 9.17) is 16.3 Å². The lowest BCUT2D eigenvalue weighted by molar-refractivity contribution is 0.414. The van der Waals surface area contributed by atoms with E-state index >= 15 is 0 Å². The first kappa shape index (κ1) is 14.7. The van der Waals surface area contributed by atoms with Gasteiger partial charge in [0, 0.05) is 10.0 Å². The molecule has 1 unspecified atom stereocenters. The van der Waals surface area contributed by atoms with Crippen LogP contribution in [0.3, 0.4) is 0 Å². The number of anilines is 1. The van der Waals surface area contributed by atoms with Gasteiger partial charge in [-0.15, -0.1) is 0 Å². The van der Waals surface area contributed by atoms with Crippen molar-refractivity contribution < 1.29 is 4.74 Å². The average molecular weight is 352 g/mol. The molecule has 0 aromatic heterocycles. The Morgan fingerprint density at radius 1 is 1.30 bits per heavy atom. The molecule has 0 amide bonds. The molecular weight excluding hydrogens is 340 g/mol. The van der Waals surface area contributed by atoms with Crippen LogP contribution in [0.4, 0.5) is 5.69 Å². The topological polar surface area (TPSA) is 45.0 Å². The fourth-order valence-corrected chi connectivity index (χ4v) is 2.45. The summed E-state index contributed by atoms with van der Waals surface area (Å²) < 4.78 is 6.03. The molecule has 0 saturated carbocycles. The van der Waals surface area contributed by atoms with Crippen LogP contribution in [0.2, 0.25) is 5.02 Å². The van der Waals surface area contributed by atoms with Gasteiger partial charge in [-0.25, -0.2) is 0 Å². The van der Waals surface area contributed by atoms with Crippen LogP contribution >= 0.6 is 27.5 Å². The minimum atomic E-state index is -0.528. The molecule has 2 aromatic carbocycles. The number of rotatable bonds is 4. The molecule has 2 aromatic rings. The summed E-state index contributed by atoms with van der Waals surface area (Å²) in [6.45, 7) is 0. The van der Waals surface area contributed by atoms with E-state index in [-0.39, 0.29) is 0 Å². The molecule has 1 N–H and O–H groups in total. The van der Waals surface area contributed by atoms with Crippen molar-refractivity contribution in [1.82, 2.24) is 0 Å². The lowest BCUT2D eigenvalue weighted by atomic mass is 10.1. The predicted octanol–water partition coefficient (Wildman–Crippen LogP) is 4.79. The van der Waals surface area contributed by atoms with Crippen molar-refractivity contribution in [2.24, 2.45) is 0 Å². The SMILES string of the molecule is COc1ccc(Br)c(C(C#N)Nc2ccccc2Cl)c1. The molecule has 20 heavy (non-hydrogen) atoms. The fraction of sp³-hybridized carbons (Fsp3) is 0.133. The maximum atomic E-state index is 9.40. The summed E-state index contributed by atoms with van der Waals surface area (Å²) in [5.74, 6) is 0.699. The van der Waals surface area contributed by atoms with Gasteiger partial charge in [-0.3, -0.25) is 0 Å². The van der Waals surface area contributed by atoms with E-state index < -0.39 is 6.04 Å². The third-order valence-electron chi connectivity index (χ3n) is 2.82. The lowest BCUT2D eigenvalue weighted by Crippen LogP contribution is -2.09. The van der Waals surface area contributed by atoms with Gasteiger partial charge < -0.3 is 10.1 Å². The predicted molar refractivity (Wildman–Crippen MR) is 84.1 cm³/mol. The van der Waals surface area contributed by atoms with E-state index in [0.717, 1.165) is 15.7 Å². The molecular formula is C15H12BrClN2O. The average Bonchev–Trinajstić information content (AvgIpc) is 2.47. The Morgan fingerprint density at radius 3 is 2.70 bits per heavy atom. The number of nitrogens with zero attached hydrogens (tertiary/aromatic N) is 1. The number of hydrogen-bond donors (Lipinski definition) is 1. The second-order valence-electron chi connectivity index (χ2n) is 4.07. The van der Waals surface area contributed by atoms with Crippen LogP contribution in [0.1, 0.15) is 11.6 Å². The number of hydrogen-bond acceptors (Lipinski definition) is 3. The second kappa shape index (κ2) is 6.65. The molecule has 102 valence electrons. The van der Waals surface area contributed by atoms with Crippen LogP contribution in [0.15, 0.2) is 46.9 Å². The zero-order valence-electron chi connectivity index (χ0n) is 10.7. The first-order valence-corrected chi connectivity index (χ1v) is 7.07. The van der Waals surface area contributed by atoms with E-state index in [1.165, 1.54) is 0 Å². The first-order valence-electron chi connectivity index (χ1n) is 5.90. The monoisotopic (exact) mass is 350 g/mol. The van der Waals surface area contributed by atoms with Gasteiger partial charge in [0.2, 0.25) is 0 Å². The second-order valence-corrected chi connectivity index (χ2v) is 5.34. The number of nitrogens with one attached hydrogen (secondary N) is 1. The molecule has 3 nitrogen and oxygen atoms in total. The molecule has 1 atom stereocenters. The van der Waals surface area contributed by atoms with Gasteiger partial charge in [-0.05, 0) is 30.3 Å². The summed E-state index contributed by atoms with van der Waals surface area (Å²) in [5, 5.41) is 13.1. The van der Waals surface area contributed by atoms with Gasteiger partial charge in [-0.2, -0.15) is 5.26 Å². The minimum absolute atomic E-state index is 0.528. The van der Waals surface area contributed by atoms with Crippen LogP contribution in [-0.4, -0.2) is 7.11 Å². The molecule has 0 fully saturated rings. The Balaban J connectivity index is 2.34. The van der Waals surface area contributed by atoms with Crippen molar-refractivity contribution in [3.8, 4) is 11.8 Å². The van der Waals surface area contributed by atoms with Crippen LogP contribution in [-0.2, 0) is 0 Å². The number of halogens is 2. The van der Waals surface area contributed by atoms with Crippen molar-refractivity contribution in [3.63, 3.8) is 0 Å². The summed E-state index contributed by atoms with van der Waals surface area (Å²) in [6, 6.07) is 14.5. The molecule has 0 radical (unpaired) electrons. The summed E-state index contributed by atoms with van der Waals surface area (Å²) >= 11 is 9.56. The summed E-state index contributed by atoms with van der Waals surface area (Å²) in [7, 11) is 1.59. The molecule has 0 aliphatic carbocycles. The number of nitriles is 1. The van der Waals surface area contributed by atoms with Crippen molar-refractivity contribution in [3.05, 3.63) is 57.5 Å². The first-order chi connectivity index (χ1) is 9.65. The van der Waals surface area contributed by atoms with Crippen molar-refractivity contribution in [1.29, 1.82) is 5.26 Å². The molecule has 2 rings (SSSR count). The zero-order valence-corrected chi connectivity index (χ0v) is 13.1. The molecule has 0 spiro atoms. The van der Waals surface area contributed by atoms with E-state index in [1.807, 2.05) is 36.4 Å². The quantitative estimate of drug-likeness (QED) is 0.861. The largest absolute Gasteiger partial charge is 0.497 e. The van der Waals surface area contributed by atoms with Gasteiger partial charge in [0.05, 0.1) is 23.9 Å². The minimum Gasteiger partial charge on any atom is -0.497 e. The molecule has 0 saturated heterocycles. The normalized spacial score (nSPS) is 11.5. The Hall–Kier alpha value is -1.70. The Bertz CT molecular complexity index is 655. The highest BCUT2D eigenvalue weighted by Crippen LogP contribution is 2.31. The van der Waals surface area contributed by atoms with Crippen LogP contribution in [0.25, 0.3) is 0 Å². The third-order valence-corrected chi connectivity index (χ3v) is 3.87. The summed E-state index contributed by atoms with van der Waals surface area (Å²) in [4.78, 5) is 0. The van der Waals surface area contributed by atoms with E-state index in [2.05, 4.69) is 27.3 Å². The Labute approximate surface area is 131 Å². The Kier molecular flexibility index (Phi) is 4.89. The van der Waals surface area contributed by atoms with E-state index in [9.17, 15) is 5.26 Å². The van der Waals surface area contributed by atoms with Crippen LogP contribution in [0, 0.1) is 11.3 Å². The third kappa shape index (κ3) is 3.24. The van der Waals surface area contributed by atoms with Crippen LogP contribution < -0.4 is 10.1 Å². The number of benzene rings is 2. The van der Waals surface area contributed by atoms with Gasteiger partial charge in [0.15, 0.2) is 0 Å². The number of ether oxygens (including phenoxy) is 1. The highest BCUT2D eigenvalue weighted by atomic mass is 79.9. The maximum absolute atomic E-state index is 9.40. The number of para-hydroxylation sites is 1. The zero-order chi connectivity index (χ0) is 14.5. The Morgan fingerprint density at radius 2 is 2.05 bits per heavy atom. The maximum Gasteiger partial charge on any atom is 0.141 e. The smallest absolute Gasteiger partial charge is 0.141 e. The van der Waals surface area contributed by atoms with E-state index in [1.54, 1.807) is 13.2 Å². The lowest BCUT2D eigenvalue weighted by Gasteiger charge is -2.16. The number of methoxy groups -OCH3 is 1. The van der Waals surface area contributed by atoms with Gasteiger partial charge in [0.1, 0.15) is 11.8 Å². The van der Waals surface area contributed by atoms with Crippen molar-refractivity contribution in [2.75, 3.05) is 12.4 Å². The van der Waals surface area contributed by atoms with Crippen LogP contribution in [0.5, 0.6) is 5.75 Å². The summed E-state index contributed by atoms with van der Waals surface area (Å²) in [6.07, 6.45) is 0. The van der Waals surface area contributed by atoms with Gasteiger partial charge >= 0.3 is 0 Å². The standard InChI is InChI=1S/C15H12BrClN2O/c1-20-10-6-7-12(16)11(8-10)15(9-18)19-14-5-3-2-4-13(14)17/h2-8,15,19H,1H3. The van der Waals surface area contributed by atoms with Gasteiger partial charge in [-0.1, -0.05) is 39.7 Å². The molecule has 0 heterocycles. The molecule has 0 bridgehead atoms. The molecule has 5 heteroatoms. The molecule has 0 aliphatic rings. The van der Waals surface area contributed by atoms with E-state index in [0.29, 0.717) is 10.8 Å². The molecule has 0 aliphatic heterocycles. The summed E-state index contributed by atoms with van der Waals surface area (Å²) in [5.41, 5.74) is 1.52. The van der Waals surface area contributed by atoms with Crippen molar-refractivity contribution >= 4 is 33.2 Å². The van der Waals surface area contributed by atoms with Crippen molar-refractivity contribution in [2.45, 2.75) is 6.04 Å². The highest BCUT2D eigenvalue weighted by molar-refractivity contribution is 9.10. The van der Waals surface area contributed by atoms with Gasteiger partial charge in [0.25, 0.3) is 0 Å².